The third kappa shape index (κ3) is 2.79. The van der Waals surface area contributed by atoms with E-state index >= 15 is 0 Å². The molecule has 1 fully saturated rings. The fourth-order valence-corrected chi connectivity index (χ4v) is 1.52. The lowest BCUT2D eigenvalue weighted by molar-refractivity contribution is -0.116. The van der Waals surface area contributed by atoms with E-state index in [4.69, 9.17) is 10.3 Å². The van der Waals surface area contributed by atoms with Crippen molar-refractivity contribution in [3.05, 3.63) is 11.8 Å². The first kappa shape index (κ1) is 10.2. The molecule has 1 aliphatic carbocycles. The average Bonchev–Trinajstić information content (AvgIpc) is 2.92. The molecule has 0 aliphatic heterocycles. The highest BCUT2D eigenvalue weighted by molar-refractivity contribution is 5.90. The third-order valence-corrected chi connectivity index (χ3v) is 2.54. The van der Waals surface area contributed by atoms with Gasteiger partial charge in [0.2, 0.25) is 5.91 Å². The van der Waals surface area contributed by atoms with Crippen molar-refractivity contribution >= 4 is 11.7 Å². The maximum absolute atomic E-state index is 11.5. The smallest absolute Gasteiger partial charge is 0.227 e. The van der Waals surface area contributed by atoms with Gasteiger partial charge in [0.1, 0.15) is 5.76 Å². The molecule has 2 rings (SSSR count). The van der Waals surface area contributed by atoms with Crippen LogP contribution in [-0.4, -0.2) is 17.1 Å². The summed E-state index contributed by atoms with van der Waals surface area (Å²) >= 11 is 0. The number of hydrogen-bond donors (Lipinski definition) is 2. The van der Waals surface area contributed by atoms with E-state index in [0.717, 1.165) is 12.8 Å². The maximum Gasteiger partial charge on any atom is 0.227 e. The highest BCUT2D eigenvalue weighted by Crippen LogP contribution is 2.32. The van der Waals surface area contributed by atoms with Gasteiger partial charge < -0.3 is 15.6 Å². The molecular weight excluding hydrogens is 194 g/mol. The van der Waals surface area contributed by atoms with Crippen molar-refractivity contribution in [3.8, 4) is 0 Å². The summed E-state index contributed by atoms with van der Waals surface area (Å²) in [5.74, 6) is 1.58. The zero-order chi connectivity index (χ0) is 10.8. The van der Waals surface area contributed by atoms with Crippen LogP contribution in [0.5, 0.6) is 0 Å². The molecule has 1 amide bonds. The van der Waals surface area contributed by atoms with Crippen LogP contribution in [0.25, 0.3) is 0 Å². The Kier molecular flexibility index (Phi) is 2.73. The van der Waals surface area contributed by atoms with Crippen molar-refractivity contribution in [2.45, 2.75) is 32.2 Å². The van der Waals surface area contributed by atoms with Crippen molar-refractivity contribution < 1.29 is 9.32 Å². The lowest BCUT2D eigenvalue weighted by Crippen LogP contribution is -2.28. The Morgan fingerprint density at radius 1 is 1.80 bits per heavy atom. The van der Waals surface area contributed by atoms with Gasteiger partial charge in [-0.3, -0.25) is 4.79 Å². The number of aryl methyl sites for hydroxylation is 1. The first-order valence-electron chi connectivity index (χ1n) is 5.14. The number of hydrogen-bond acceptors (Lipinski definition) is 4. The van der Waals surface area contributed by atoms with E-state index in [-0.39, 0.29) is 11.9 Å². The largest absolute Gasteiger partial charge is 0.360 e. The molecule has 0 aromatic carbocycles. The summed E-state index contributed by atoms with van der Waals surface area (Å²) in [6.45, 7) is 1.78. The molecule has 82 valence electrons. The van der Waals surface area contributed by atoms with Gasteiger partial charge in [-0.2, -0.15) is 0 Å². The molecule has 15 heavy (non-hydrogen) atoms. The van der Waals surface area contributed by atoms with Crippen molar-refractivity contribution in [1.29, 1.82) is 0 Å². The molecule has 0 saturated heterocycles. The summed E-state index contributed by atoms with van der Waals surface area (Å²) in [4.78, 5) is 11.5. The van der Waals surface area contributed by atoms with Crippen LogP contribution in [0.2, 0.25) is 0 Å². The average molecular weight is 209 g/mol. The van der Waals surface area contributed by atoms with Gasteiger partial charge in [-0.05, 0) is 25.7 Å². The minimum atomic E-state index is -0.0947. The molecule has 1 aliphatic rings. The number of carbonyl (C=O) groups excluding carboxylic acids is 1. The summed E-state index contributed by atoms with van der Waals surface area (Å²) < 4.78 is 4.83. The van der Waals surface area contributed by atoms with E-state index in [1.54, 1.807) is 13.0 Å². The molecule has 5 nitrogen and oxygen atoms in total. The van der Waals surface area contributed by atoms with Gasteiger partial charge in [0, 0.05) is 18.5 Å². The van der Waals surface area contributed by atoms with Crippen LogP contribution in [0.15, 0.2) is 10.6 Å². The summed E-state index contributed by atoms with van der Waals surface area (Å²) in [6.07, 6.45) is 2.66. The highest BCUT2D eigenvalue weighted by Gasteiger charge is 2.29. The monoisotopic (exact) mass is 209 g/mol. The Morgan fingerprint density at radius 3 is 3.07 bits per heavy atom. The quantitative estimate of drug-likeness (QED) is 0.776. The van der Waals surface area contributed by atoms with Crippen LogP contribution in [0.4, 0.5) is 5.82 Å². The van der Waals surface area contributed by atoms with Crippen molar-refractivity contribution in [1.82, 2.24) is 5.16 Å². The first-order chi connectivity index (χ1) is 7.15. The molecule has 1 atom stereocenters. The van der Waals surface area contributed by atoms with Gasteiger partial charge in [0.05, 0.1) is 0 Å². The molecule has 0 bridgehead atoms. The SMILES string of the molecule is Cc1cc(NC(=O)CC(N)C2CC2)no1. The van der Waals surface area contributed by atoms with Crippen LogP contribution in [0.3, 0.4) is 0 Å². The number of nitrogens with one attached hydrogen (secondary N) is 1. The Bertz CT molecular complexity index is 357. The van der Waals surface area contributed by atoms with Crippen LogP contribution >= 0.6 is 0 Å². The van der Waals surface area contributed by atoms with Crippen molar-refractivity contribution in [2.24, 2.45) is 11.7 Å². The predicted octanol–water partition coefficient (Wildman–Crippen LogP) is 1.05. The minimum Gasteiger partial charge on any atom is -0.360 e. The van der Waals surface area contributed by atoms with Gasteiger partial charge in [-0.15, -0.1) is 0 Å². The maximum atomic E-state index is 11.5. The van der Waals surface area contributed by atoms with E-state index < -0.39 is 0 Å². The van der Waals surface area contributed by atoms with Gasteiger partial charge in [-0.25, -0.2) is 0 Å². The van der Waals surface area contributed by atoms with E-state index in [9.17, 15) is 4.79 Å². The van der Waals surface area contributed by atoms with E-state index in [1.165, 1.54) is 0 Å². The number of rotatable bonds is 4. The summed E-state index contributed by atoms with van der Waals surface area (Å²) in [5.41, 5.74) is 5.83. The lowest BCUT2D eigenvalue weighted by Gasteiger charge is -2.08. The van der Waals surface area contributed by atoms with Crippen LogP contribution in [0, 0.1) is 12.8 Å². The van der Waals surface area contributed by atoms with Gasteiger partial charge in [0.25, 0.3) is 0 Å². The topological polar surface area (TPSA) is 81.2 Å². The van der Waals surface area contributed by atoms with E-state index in [1.807, 2.05) is 0 Å². The Morgan fingerprint density at radius 2 is 2.53 bits per heavy atom. The van der Waals surface area contributed by atoms with Crippen LogP contribution in [0.1, 0.15) is 25.0 Å². The number of carbonyl (C=O) groups is 1. The normalized spacial score (nSPS) is 17.5. The summed E-state index contributed by atoms with van der Waals surface area (Å²) in [7, 11) is 0. The van der Waals surface area contributed by atoms with Gasteiger partial charge >= 0.3 is 0 Å². The molecule has 0 spiro atoms. The second-order valence-corrected chi connectivity index (χ2v) is 4.08. The fourth-order valence-electron chi connectivity index (χ4n) is 1.52. The number of nitrogens with two attached hydrogens (primary N) is 1. The Hall–Kier alpha value is -1.36. The predicted molar refractivity (Wildman–Crippen MR) is 55.2 cm³/mol. The highest BCUT2D eigenvalue weighted by atomic mass is 16.5. The van der Waals surface area contributed by atoms with Crippen molar-refractivity contribution in [3.63, 3.8) is 0 Å². The second-order valence-electron chi connectivity index (χ2n) is 4.08. The van der Waals surface area contributed by atoms with Crippen LogP contribution in [-0.2, 0) is 4.79 Å². The molecular formula is C10H15N3O2. The second kappa shape index (κ2) is 4.02. The molecule has 1 unspecified atom stereocenters. The minimum absolute atomic E-state index is 0.0157. The number of aromatic nitrogens is 1. The molecule has 0 radical (unpaired) electrons. The Labute approximate surface area is 88.0 Å². The molecule has 5 heteroatoms. The van der Waals surface area contributed by atoms with Crippen LogP contribution < -0.4 is 11.1 Å². The van der Waals surface area contributed by atoms with E-state index in [0.29, 0.717) is 23.9 Å². The van der Waals surface area contributed by atoms with Crippen molar-refractivity contribution in [2.75, 3.05) is 5.32 Å². The van der Waals surface area contributed by atoms with Gasteiger partial charge in [-0.1, -0.05) is 5.16 Å². The molecule has 1 saturated carbocycles. The summed E-state index contributed by atoms with van der Waals surface area (Å²) in [5, 5.41) is 6.33. The number of anilines is 1. The molecule has 1 aromatic rings. The molecule has 1 aromatic heterocycles. The third-order valence-electron chi connectivity index (χ3n) is 2.54. The number of nitrogens with zero attached hydrogens (tertiary/aromatic N) is 1. The lowest BCUT2D eigenvalue weighted by atomic mass is 10.1. The zero-order valence-corrected chi connectivity index (χ0v) is 8.69. The first-order valence-corrected chi connectivity index (χ1v) is 5.14. The number of amides is 1. The van der Waals surface area contributed by atoms with E-state index in [2.05, 4.69) is 10.5 Å². The zero-order valence-electron chi connectivity index (χ0n) is 8.69. The fraction of sp³-hybridized carbons (Fsp3) is 0.600. The Balaban J connectivity index is 1.81. The molecule has 1 heterocycles. The molecule has 3 N–H and O–H groups in total. The van der Waals surface area contributed by atoms with Gasteiger partial charge in [0.15, 0.2) is 5.82 Å². The standard InChI is InChI=1S/C10H15N3O2/c1-6-4-9(13-15-6)12-10(14)5-8(11)7-2-3-7/h4,7-8H,2-3,5,11H2,1H3,(H,12,13,14). The summed E-state index contributed by atoms with van der Waals surface area (Å²) in [6, 6.07) is 1.67.